The van der Waals surface area contributed by atoms with Gasteiger partial charge in [0.25, 0.3) is 0 Å². The second-order valence-corrected chi connectivity index (χ2v) is 7.51. The van der Waals surface area contributed by atoms with Gasteiger partial charge in [-0.15, -0.1) is 0 Å². The summed E-state index contributed by atoms with van der Waals surface area (Å²) in [5.41, 5.74) is 6.92. The van der Waals surface area contributed by atoms with Crippen LogP contribution in [0, 0.1) is 11.3 Å². The van der Waals surface area contributed by atoms with E-state index in [0.29, 0.717) is 32.1 Å². The Morgan fingerprint density at radius 2 is 1.68 bits per heavy atom. The second kappa shape index (κ2) is 9.02. The van der Waals surface area contributed by atoms with Gasteiger partial charge in [0, 0.05) is 6.04 Å². The number of hydrogen-bond donors (Lipinski definition) is 2. The summed E-state index contributed by atoms with van der Waals surface area (Å²) in [4.78, 5) is 25.3. The minimum Gasteiger partial charge on any atom is -0.481 e. The van der Waals surface area contributed by atoms with E-state index in [2.05, 4.69) is 0 Å². The van der Waals surface area contributed by atoms with Crippen molar-refractivity contribution in [1.82, 2.24) is 0 Å². The molecule has 3 rings (SSSR count). The average Bonchev–Trinajstić information content (AvgIpc) is 3.10. The molecule has 2 aromatic rings. The molecule has 0 amide bonds. The molecule has 148 valence electrons. The highest BCUT2D eigenvalue weighted by molar-refractivity contribution is 5.85. The number of benzene rings is 2. The van der Waals surface area contributed by atoms with Gasteiger partial charge in [-0.3, -0.25) is 9.59 Å². The molecule has 0 bridgehead atoms. The lowest BCUT2D eigenvalue weighted by Gasteiger charge is -2.35. The van der Waals surface area contributed by atoms with Crippen LogP contribution in [0.4, 0.5) is 0 Å². The predicted octanol–water partition coefficient (Wildman–Crippen LogP) is 3.56. The number of ether oxygens (including phenoxy) is 1. The first kappa shape index (κ1) is 20.1. The van der Waals surface area contributed by atoms with E-state index in [4.69, 9.17) is 10.5 Å². The molecule has 3 N–H and O–H groups in total. The van der Waals surface area contributed by atoms with Gasteiger partial charge in [-0.05, 0) is 36.8 Å². The fraction of sp³-hybridized carbons (Fsp3) is 0.391. The molecule has 1 saturated carbocycles. The normalized spacial score (nSPS) is 22.5. The quantitative estimate of drug-likeness (QED) is 0.683. The number of carboxylic acid groups (broad SMARTS) is 1. The highest BCUT2D eigenvalue weighted by atomic mass is 16.5. The fourth-order valence-corrected chi connectivity index (χ4v) is 4.28. The van der Waals surface area contributed by atoms with Gasteiger partial charge in [0.05, 0.1) is 11.3 Å². The summed E-state index contributed by atoms with van der Waals surface area (Å²) in [6, 6.07) is 18.6. The molecule has 28 heavy (non-hydrogen) atoms. The summed E-state index contributed by atoms with van der Waals surface area (Å²) < 4.78 is 5.56. The van der Waals surface area contributed by atoms with E-state index in [9.17, 15) is 14.7 Å². The molecule has 0 aliphatic heterocycles. The number of hydrogen-bond acceptors (Lipinski definition) is 4. The summed E-state index contributed by atoms with van der Waals surface area (Å²) in [5.74, 6) is -2.24. The summed E-state index contributed by atoms with van der Waals surface area (Å²) in [6.45, 7) is 0.131. The molecule has 0 aromatic heterocycles. The SMILES string of the molecule is NC1CCCC1(C(=O)O)[C@H](CCc1ccccc1)C(=O)OCc1ccccc1. The maximum Gasteiger partial charge on any atom is 0.312 e. The van der Waals surface area contributed by atoms with Crippen LogP contribution in [0.15, 0.2) is 60.7 Å². The number of carboxylic acids is 1. The first-order valence-electron chi connectivity index (χ1n) is 9.77. The maximum atomic E-state index is 13.0. The van der Waals surface area contributed by atoms with Crippen LogP contribution in [-0.2, 0) is 27.4 Å². The van der Waals surface area contributed by atoms with E-state index < -0.39 is 29.3 Å². The van der Waals surface area contributed by atoms with Gasteiger partial charge in [0.1, 0.15) is 6.61 Å². The minimum absolute atomic E-state index is 0.131. The Balaban J connectivity index is 1.80. The lowest BCUT2D eigenvalue weighted by Crippen LogP contribution is -2.52. The maximum absolute atomic E-state index is 13.0. The molecule has 5 heteroatoms. The van der Waals surface area contributed by atoms with Crippen LogP contribution >= 0.6 is 0 Å². The van der Waals surface area contributed by atoms with Crippen molar-refractivity contribution < 1.29 is 19.4 Å². The van der Waals surface area contributed by atoms with Crippen LogP contribution in [0.5, 0.6) is 0 Å². The lowest BCUT2D eigenvalue weighted by atomic mass is 9.69. The van der Waals surface area contributed by atoms with E-state index in [0.717, 1.165) is 11.1 Å². The van der Waals surface area contributed by atoms with Crippen LogP contribution < -0.4 is 5.73 Å². The number of rotatable bonds is 8. The average molecular weight is 381 g/mol. The van der Waals surface area contributed by atoms with Gasteiger partial charge in [0.15, 0.2) is 0 Å². The molecule has 2 aromatic carbocycles. The van der Waals surface area contributed by atoms with Crippen molar-refractivity contribution >= 4 is 11.9 Å². The van der Waals surface area contributed by atoms with Crippen LogP contribution in [0.3, 0.4) is 0 Å². The van der Waals surface area contributed by atoms with E-state index in [1.807, 2.05) is 60.7 Å². The molecule has 1 aliphatic rings. The Hall–Kier alpha value is -2.66. The van der Waals surface area contributed by atoms with Crippen molar-refractivity contribution in [2.24, 2.45) is 17.1 Å². The zero-order valence-corrected chi connectivity index (χ0v) is 15.9. The van der Waals surface area contributed by atoms with Crippen LogP contribution in [0.25, 0.3) is 0 Å². The Labute approximate surface area is 165 Å². The van der Waals surface area contributed by atoms with Crippen molar-refractivity contribution in [2.45, 2.75) is 44.8 Å². The highest BCUT2D eigenvalue weighted by Crippen LogP contribution is 2.46. The Bertz CT molecular complexity index is 793. The Morgan fingerprint density at radius 3 is 2.21 bits per heavy atom. The number of carbonyl (C=O) groups is 2. The zero-order valence-electron chi connectivity index (χ0n) is 15.9. The number of esters is 1. The minimum atomic E-state index is -1.26. The number of aryl methyl sites for hydroxylation is 1. The lowest BCUT2D eigenvalue weighted by molar-refractivity contribution is -0.168. The first-order valence-corrected chi connectivity index (χ1v) is 9.77. The topological polar surface area (TPSA) is 89.6 Å². The van der Waals surface area contributed by atoms with E-state index >= 15 is 0 Å². The van der Waals surface area contributed by atoms with Gasteiger partial charge >= 0.3 is 11.9 Å². The largest absolute Gasteiger partial charge is 0.481 e. The Kier molecular flexibility index (Phi) is 6.47. The molecule has 5 nitrogen and oxygen atoms in total. The fourth-order valence-electron chi connectivity index (χ4n) is 4.28. The van der Waals surface area contributed by atoms with Crippen LogP contribution in [0.1, 0.15) is 36.8 Å². The molecule has 1 aliphatic carbocycles. The van der Waals surface area contributed by atoms with E-state index in [-0.39, 0.29) is 6.61 Å². The zero-order chi connectivity index (χ0) is 20.0. The molecular weight excluding hydrogens is 354 g/mol. The molecule has 0 heterocycles. The third-order valence-electron chi connectivity index (χ3n) is 5.86. The number of nitrogens with two attached hydrogens (primary N) is 1. The molecule has 2 unspecified atom stereocenters. The van der Waals surface area contributed by atoms with Gasteiger partial charge < -0.3 is 15.6 Å². The monoisotopic (exact) mass is 381 g/mol. The van der Waals surface area contributed by atoms with E-state index in [1.54, 1.807) is 0 Å². The van der Waals surface area contributed by atoms with Gasteiger partial charge in [-0.25, -0.2) is 0 Å². The van der Waals surface area contributed by atoms with Crippen molar-refractivity contribution in [3.63, 3.8) is 0 Å². The molecule has 0 radical (unpaired) electrons. The summed E-state index contributed by atoms with van der Waals surface area (Å²) >= 11 is 0. The standard InChI is InChI=1S/C23H27NO4/c24-20-12-7-15-23(20,22(26)27)19(14-13-17-8-3-1-4-9-17)21(25)28-16-18-10-5-2-6-11-18/h1-6,8-11,19-20H,7,12-16,24H2,(H,26,27)/t19-,20?,23?/m1/s1. The second-order valence-electron chi connectivity index (χ2n) is 7.51. The van der Waals surface area contributed by atoms with Gasteiger partial charge in [-0.1, -0.05) is 67.1 Å². The predicted molar refractivity (Wildman–Crippen MR) is 106 cm³/mol. The molecule has 0 saturated heterocycles. The summed E-state index contributed by atoms with van der Waals surface area (Å²) in [7, 11) is 0. The molecule has 3 atom stereocenters. The number of aliphatic carboxylic acids is 1. The van der Waals surface area contributed by atoms with E-state index in [1.165, 1.54) is 0 Å². The van der Waals surface area contributed by atoms with Gasteiger partial charge in [0.2, 0.25) is 0 Å². The smallest absolute Gasteiger partial charge is 0.312 e. The van der Waals surface area contributed by atoms with Gasteiger partial charge in [-0.2, -0.15) is 0 Å². The third kappa shape index (κ3) is 4.25. The first-order chi connectivity index (χ1) is 13.5. The summed E-state index contributed by atoms with van der Waals surface area (Å²) in [6.07, 6.45) is 2.73. The van der Waals surface area contributed by atoms with Crippen molar-refractivity contribution in [1.29, 1.82) is 0 Å². The summed E-state index contributed by atoms with van der Waals surface area (Å²) in [5, 5.41) is 10.0. The highest BCUT2D eigenvalue weighted by Gasteiger charge is 2.56. The van der Waals surface area contributed by atoms with Crippen molar-refractivity contribution in [3.05, 3.63) is 71.8 Å². The van der Waals surface area contributed by atoms with Crippen LogP contribution in [0.2, 0.25) is 0 Å². The molecular formula is C23H27NO4. The number of carbonyl (C=O) groups excluding carboxylic acids is 1. The molecule has 1 fully saturated rings. The third-order valence-corrected chi connectivity index (χ3v) is 5.86. The van der Waals surface area contributed by atoms with Crippen LogP contribution in [-0.4, -0.2) is 23.1 Å². The molecule has 0 spiro atoms. The Morgan fingerprint density at radius 1 is 1.07 bits per heavy atom. The van der Waals surface area contributed by atoms with Crippen molar-refractivity contribution in [2.75, 3.05) is 0 Å². The van der Waals surface area contributed by atoms with Crippen molar-refractivity contribution in [3.8, 4) is 0 Å².